The number of Topliss-reactive ketones (excluding diaryl/α,β-unsaturated/α-hetero) is 1. The lowest BCUT2D eigenvalue weighted by atomic mass is 9.97. The molecule has 0 bridgehead atoms. The molecule has 3 nitrogen and oxygen atoms in total. The molecule has 0 N–H and O–H groups in total. The number of ether oxygens (including phenoxy) is 2. The summed E-state index contributed by atoms with van der Waals surface area (Å²) in [5.74, 6) is -1.38. The molecule has 0 amide bonds. The molecule has 0 aromatic heterocycles. The van der Waals surface area contributed by atoms with Crippen LogP contribution < -0.4 is 0 Å². The molecule has 3 heteroatoms. The van der Waals surface area contributed by atoms with Crippen molar-refractivity contribution in [2.45, 2.75) is 33.5 Å². The monoisotopic (exact) mass is 236 g/mol. The van der Waals surface area contributed by atoms with E-state index in [0.29, 0.717) is 13.2 Å². The molecule has 0 saturated carbocycles. The van der Waals surface area contributed by atoms with E-state index in [0.717, 1.165) is 11.1 Å². The Morgan fingerprint density at radius 2 is 1.71 bits per heavy atom. The third-order valence-corrected chi connectivity index (χ3v) is 2.66. The molecule has 0 saturated heterocycles. The van der Waals surface area contributed by atoms with E-state index >= 15 is 0 Å². The summed E-state index contributed by atoms with van der Waals surface area (Å²) in [5.41, 5.74) is 1.78. The molecule has 94 valence electrons. The van der Waals surface area contributed by atoms with E-state index in [2.05, 4.69) is 0 Å². The van der Waals surface area contributed by atoms with Crippen LogP contribution in [-0.4, -0.2) is 19.0 Å². The topological polar surface area (TPSA) is 35.5 Å². The van der Waals surface area contributed by atoms with Gasteiger partial charge in [-0.25, -0.2) is 0 Å². The quantitative estimate of drug-likeness (QED) is 0.712. The summed E-state index contributed by atoms with van der Waals surface area (Å²) in [6, 6.07) is 7.65. The van der Waals surface area contributed by atoms with Crippen LogP contribution in [0.3, 0.4) is 0 Å². The molecule has 0 aliphatic carbocycles. The van der Waals surface area contributed by atoms with Crippen molar-refractivity contribution in [3.8, 4) is 0 Å². The smallest absolute Gasteiger partial charge is 0.256 e. The molecular formula is C14H20O3. The zero-order chi connectivity index (χ0) is 12.9. The van der Waals surface area contributed by atoms with Crippen LogP contribution >= 0.6 is 0 Å². The third kappa shape index (κ3) is 2.73. The molecule has 0 unspecified atom stereocenters. The van der Waals surface area contributed by atoms with Crippen LogP contribution in [0.4, 0.5) is 0 Å². The van der Waals surface area contributed by atoms with Crippen molar-refractivity contribution in [2.75, 3.05) is 13.2 Å². The van der Waals surface area contributed by atoms with Crippen LogP contribution in [0, 0.1) is 6.92 Å². The lowest BCUT2D eigenvalue weighted by Gasteiger charge is -2.32. The van der Waals surface area contributed by atoms with E-state index in [9.17, 15) is 4.79 Å². The van der Waals surface area contributed by atoms with Gasteiger partial charge in [0.05, 0.1) is 0 Å². The second-order valence-electron chi connectivity index (χ2n) is 3.85. The van der Waals surface area contributed by atoms with Gasteiger partial charge in [-0.3, -0.25) is 4.79 Å². The third-order valence-electron chi connectivity index (χ3n) is 2.66. The minimum Gasteiger partial charge on any atom is -0.340 e. The van der Waals surface area contributed by atoms with E-state index in [1.54, 1.807) is 0 Å². The first-order valence-electron chi connectivity index (χ1n) is 5.93. The van der Waals surface area contributed by atoms with Gasteiger partial charge in [-0.15, -0.1) is 0 Å². The molecule has 0 radical (unpaired) electrons. The van der Waals surface area contributed by atoms with E-state index in [1.807, 2.05) is 45.0 Å². The molecule has 0 fully saturated rings. The van der Waals surface area contributed by atoms with Gasteiger partial charge in [-0.1, -0.05) is 24.3 Å². The first-order chi connectivity index (χ1) is 8.08. The number of carbonyl (C=O) groups excluding carboxylic acids is 1. The highest BCUT2D eigenvalue weighted by Gasteiger charge is 2.40. The number of hydrogen-bond acceptors (Lipinski definition) is 3. The van der Waals surface area contributed by atoms with E-state index in [4.69, 9.17) is 9.47 Å². The molecular weight excluding hydrogens is 216 g/mol. The summed E-state index contributed by atoms with van der Waals surface area (Å²) in [5, 5.41) is 0. The Morgan fingerprint density at radius 1 is 1.18 bits per heavy atom. The SMILES string of the molecule is CCOC(OCC)(C(C)=O)c1ccccc1C. The largest absolute Gasteiger partial charge is 0.340 e. The van der Waals surface area contributed by atoms with Gasteiger partial charge >= 0.3 is 0 Å². The van der Waals surface area contributed by atoms with Crippen LogP contribution in [0.2, 0.25) is 0 Å². The van der Waals surface area contributed by atoms with Crippen molar-refractivity contribution in [3.63, 3.8) is 0 Å². The number of hydrogen-bond donors (Lipinski definition) is 0. The first-order valence-corrected chi connectivity index (χ1v) is 5.93. The van der Waals surface area contributed by atoms with E-state index in [-0.39, 0.29) is 5.78 Å². The maximum absolute atomic E-state index is 11.9. The predicted molar refractivity (Wildman–Crippen MR) is 66.8 cm³/mol. The average molecular weight is 236 g/mol. The summed E-state index contributed by atoms with van der Waals surface area (Å²) in [6.45, 7) is 8.01. The lowest BCUT2D eigenvalue weighted by molar-refractivity contribution is -0.231. The standard InChI is InChI=1S/C14H20O3/c1-5-16-14(12(4)15,17-6-2)13-10-8-7-9-11(13)3/h7-10H,5-6H2,1-4H3. The second-order valence-corrected chi connectivity index (χ2v) is 3.85. The van der Waals surface area contributed by atoms with Crippen molar-refractivity contribution in [1.29, 1.82) is 0 Å². The number of carbonyl (C=O) groups is 1. The highest BCUT2D eigenvalue weighted by Crippen LogP contribution is 2.31. The van der Waals surface area contributed by atoms with E-state index < -0.39 is 5.79 Å². The molecule has 1 aromatic rings. The fourth-order valence-corrected chi connectivity index (χ4v) is 1.94. The highest BCUT2D eigenvalue weighted by molar-refractivity contribution is 5.85. The summed E-state index contributed by atoms with van der Waals surface area (Å²) >= 11 is 0. The van der Waals surface area contributed by atoms with Crippen LogP contribution in [0.25, 0.3) is 0 Å². The van der Waals surface area contributed by atoms with Gasteiger partial charge < -0.3 is 9.47 Å². The van der Waals surface area contributed by atoms with Crippen molar-refractivity contribution < 1.29 is 14.3 Å². The van der Waals surface area contributed by atoms with Crippen molar-refractivity contribution in [3.05, 3.63) is 35.4 Å². The second kappa shape index (κ2) is 5.94. The Bertz CT molecular complexity index is 379. The number of benzene rings is 1. The summed E-state index contributed by atoms with van der Waals surface area (Å²) in [4.78, 5) is 11.9. The predicted octanol–water partition coefficient (Wildman–Crippen LogP) is 2.81. The molecule has 0 atom stereocenters. The number of ketones is 1. The van der Waals surface area contributed by atoms with Crippen LogP contribution in [0.1, 0.15) is 31.9 Å². The zero-order valence-electron chi connectivity index (χ0n) is 10.9. The van der Waals surface area contributed by atoms with Crippen molar-refractivity contribution >= 4 is 5.78 Å². The van der Waals surface area contributed by atoms with Crippen LogP contribution in [0.15, 0.2) is 24.3 Å². The molecule has 0 aliphatic heterocycles. The summed E-state index contributed by atoms with van der Waals surface area (Å²) in [6.07, 6.45) is 0. The molecule has 17 heavy (non-hydrogen) atoms. The fourth-order valence-electron chi connectivity index (χ4n) is 1.94. The van der Waals surface area contributed by atoms with Gasteiger partial charge in [0.25, 0.3) is 5.79 Å². The zero-order valence-corrected chi connectivity index (χ0v) is 10.9. The minimum atomic E-state index is -1.26. The Labute approximate surface area is 103 Å². The maximum Gasteiger partial charge on any atom is 0.256 e. The van der Waals surface area contributed by atoms with Gasteiger partial charge in [0.15, 0.2) is 5.78 Å². The summed E-state index contributed by atoms with van der Waals surface area (Å²) < 4.78 is 11.3. The normalized spacial score (nSPS) is 11.5. The molecule has 1 aromatic carbocycles. The molecule has 0 heterocycles. The molecule has 0 spiro atoms. The van der Waals surface area contributed by atoms with Crippen LogP contribution in [-0.2, 0) is 20.1 Å². The lowest BCUT2D eigenvalue weighted by Crippen LogP contribution is -2.41. The van der Waals surface area contributed by atoms with Crippen molar-refractivity contribution in [1.82, 2.24) is 0 Å². The fraction of sp³-hybridized carbons (Fsp3) is 0.500. The van der Waals surface area contributed by atoms with Gasteiger partial charge in [0.2, 0.25) is 0 Å². The van der Waals surface area contributed by atoms with Gasteiger partial charge in [0, 0.05) is 25.7 Å². The Morgan fingerprint density at radius 3 is 2.12 bits per heavy atom. The van der Waals surface area contributed by atoms with Gasteiger partial charge in [0.1, 0.15) is 0 Å². The Hall–Kier alpha value is -1.19. The van der Waals surface area contributed by atoms with Crippen molar-refractivity contribution in [2.24, 2.45) is 0 Å². The Kier molecular flexibility index (Phi) is 4.85. The van der Waals surface area contributed by atoms with Gasteiger partial charge in [-0.2, -0.15) is 0 Å². The molecule has 0 aliphatic rings. The highest BCUT2D eigenvalue weighted by atomic mass is 16.7. The maximum atomic E-state index is 11.9. The van der Waals surface area contributed by atoms with E-state index in [1.165, 1.54) is 6.92 Å². The number of aryl methyl sites for hydroxylation is 1. The summed E-state index contributed by atoms with van der Waals surface area (Å²) in [7, 11) is 0. The van der Waals surface area contributed by atoms with Gasteiger partial charge in [-0.05, 0) is 26.3 Å². The number of rotatable bonds is 6. The average Bonchev–Trinajstić information content (AvgIpc) is 2.29. The minimum absolute atomic E-state index is 0.129. The first kappa shape index (κ1) is 13.9. The van der Waals surface area contributed by atoms with Crippen LogP contribution in [0.5, 0.6) is 0 Å². The molecule has 1 rings (SSSR count). The Balaban J connectivity index is 3.30.